The Kier molecular flexibility index (Phi) is 5.43. The summed E-state index contributed by atoms with van der Waals surface area (Å²) in [5.41, 5.74) is 0.970. The number of likely N-dealkylation sites (tertiary alicyclic amines) is 2. The van der Waals surface area contributed by atoms with Crippen LogP contribution in [0, 0.1) is 0 Å². The Hall–Kier alpha value is -2.34. The predicted octanol–water partition coefficient (Wildman–Crippen LogP) is 3.33. The Morgan fingerprint density at radius 1 is 1.15 bits per heavy atom. The van der Waals surface area contributed by atoms with E-state index in [1.807, 2.05) is 29.2 Å². The van der Waals surface area contributed by atoms with Crippen molar-refractivity contribution in [3.8, 4) is 17.1 Å². The van der Waals surface area contributed by atoms with Crippen LogP contribution in [-0.2, 0) is 11.3 Å². The van der Waals surface area contributed by atoms with E-state index in [0.29, 0.717) is 12.4 Å². The fourth-order valence-corrected chi connectivity index (χ4v) is 4.05. The van der Waals surface area contributed by atoms with Gasteiger partial charge in [-0.15, -0.1) is 0 Å². The van der Waals surface area contributed by atoms with E-state index in [-0.39, 0.29) is 11.9 Å². The largest absolute Gasteiger partial charge is 0.497 e. The van der Waals surface area contributed by atoms with Gasteiger partial charge in [-0.1, -0.05) is 6.42 Å². The molecular weight excluding hydrogens is 342 g/mol. The van der Waals surface area contributed by atoms with Crippen molar-refractivity contribution in [2.24, 2.45) is 0 Å². The average Bonchev–Trinajstić information content (AvgIpc) is 3.40. The molecule has 6 nitrogen and oxygen atoms in total. The van der Waals surface area contributed by atoms with Crippen molar-refractivity contribution in [2.45, 2.75) is 44.7 Å². The van der Waals surface area contributed by atoms with E-state index in [0.717, 1.165) is 68.8 Å². The van der Waals surface area contributed by atoms with Crippen LogP contribution in [0.1, 0.15) is 38.0 Å². The van der Waals surface area contributed by atoms with Crippen molar-refractivity contribution in [1.82, 2.24) is 14.8 Å². The second-order valence-corrected chi connectivity index (χ2v) is 7.36. The first kappa shape index (κ1) is 18.0. The molecule has 4 rings (SSSR count). The molecule has 1 aromatic carbocycles. The number of hydrogen-bond acceptors (Lipinski definition) is 5. The lowest BCUT2D eigenvalue weighted by atomic mass is 10.0. The number of oxazole rings is 1. The molecule has 2 aromatic rings. The summed E-state index contributed by atoms with van der Waals surface area (Å²) in [4.78, 5) is 21.6. The van der Waals surface area contributed by atoms with E-state index in [2.05, 4.69) is 9.88 Å². The number of piperidine rings is 1. The molecule has 2 saturated heterocycles. The Bertz CT molecular complexity index is 765. The Labute approximate surface area is 160 Å². The first-order chi connectivity index (χ1) is 13.2. The fraction of sp³-hybridized carbons (Fsp3) is 0.524. The number of nitrogens with zero attached hydrogens (tertiary/aromatic N) is 3. The highest BCUT2D eigenvalue weighted by Crippen LogP contribution is 2.26. The minimum absolute atomic E-state index is 0.0341. The zero-order chi connectivity index (χ0) is 18.6. The third-order valence-electron chi connectivity index (χ3n) is 5.58. The van der Waals surface area contributed by atoms with Gasteiger partial charge in [0.25, 0.3) is 0 Å². The first-order valence-corrected chi connectivity index (χ1v) is 9.86. The van der Waals surface area contributed by atoms with E-state index < -0.39 is 0 Å². The van der Waals surface area contributed by atoms with Gasteiger partial charge in [0, 0.05) is 18.7 Å². The molecule has 0 N–H and O–H groups in total. The maximum Gasteiger partial charge on any atom is 0.239 e. The van der Waals surface area contributed by atoms with Gasteiger partial charge in [0.05, 0.1) is 25.9 Å². The number of ether oxygens (including phenoxy) is 1. The van der Waals surface area contributed by atoms with Crippen molar-refractivity contribution in [3.63, 3.8) is 0 Å². The Morgan fingerprint density at radius 2 is 1.89 bits per heavy atom. The van der Waals surface area contributed by atoms with Crippen LogP contribution in [0.4, 0.5) is 0 Å². The Morgan fingerprint density at radius 3 is 2.63 bits per heavy atom. The van der Waals surface area contributed by atoms with Crippen LogP contribution in [0.15, 0.2) is 34.9 Å². The highest BCUT2D eigenvalue weighted by Gasteiger charge is 2.33. The van der Waals surface area contributed by atoms with Crippen LogP contribution in [0.3, 0.4) is 0 Å². The highest BCUT2D eigenvalue weighted by atomic mass is 16.5. The molecule has 0 aliphatic carbocycles. The number of amides is 1. The number of carbonyl (C=O) groups is 1. The van der Waals surface area contributed by atoms with Gasteiger partial charge in [-0.25, -0.2) is 4.98 Å². The number of rotatable bonds is 5. The molecule has 2 aliphatic heterocycles. The van der Waals surface area contributed by atoms with Crippen LogP contribution in [-0.4, -0.2) is 53.5 Å². The van der Waals surface area contributed by atoms with Crippen LogP contribution in [0.2, 0.25) is 0 Å². The maximum atomic E-state index is 12.9. The molecule has 0 bridgehead atoms. The first-order valence-electron chi connectivity index (χ1n) is 9.86. The van der Waals surface area contributed by atoms with Crippen molar-refractivity contribution in [2.75, 3.05) is 26.7 Å². The van der Waals surface area contributed by atoms with E-state index in [1.54, 1.807) is 13.3 Å². The summed E-state index contributed by atoms with van der Waals surface area (Å²) < 4.78 is 11.2. The molecular formula is C21H27N3O3. The lowest BCUT2D eigenvalue weighted by Crippen LogP contribution is -2.49. The zero-order valence-electron chi connectivity index (χ0n) is 15.9. The predicted molar refractivity (Wildman–Crippen MR) is 102 cm³/mol. The number of carbonyl (C=O) groups excluding carboxylic acids is 1. The molecule has 1 aromatic heterocycles. The second kappa shape index (κ2) is 8.13. The SMILES string of the molecule is COc1ccc(-c2cnc(CN3CCCCC3C(=O)N3CCCC3)o2)cc1. The summed E-state index contributed by atoms with van der Waals surface area (Å²) in [6.07, 6.45) is 7.19. The molecule has 2 aliphatic rings. The topological polar surface area (TPSA) is 58.8 Å². The molecule has 3 heterocycles. The standard InChI is InChI=1S/C21H27N3O3/c1-26-17-9-7-16(8-10-17)19-14-22-20(27-19)15-24-13-3-2-6-18(24)21(25)23-11-4-5-12-23/h7-10,14,18H,2-6,11-13,15H2,1H3. The van der Waals surface area contributed by atoms with Crippen molar-refractivity contribution < 1.29 is 13.9 Å². The summed E-state index contributed by atoms with van der Waals surface area (Å²) in [7, 11) is 1.65. The molecule has 1 atom stereocenters. The molecule has 1 unspecified atom stereocenters. The van der Waals surface area contributed by atoms with Gasteiger partial charge in [0.15, 0.2) is 5.76 Å². The minimum Gasteiger partial charge on any atom is -0.497 e. The minimum atomic E-state index is -0.0341. The van der Waals surface area contributed by atoms with Crippen LogP contribution < -0.4 is 4.74 Å². The highest BCUT2D eigenvalue weighted by molar-refractivity contribution is 5.82. The summed E-state index contributed by atoms with van der Waals surface area (Å²) in [6.45, 7) is 3.32. The lowest BCUT2D eigenvalue weighted by Gasteiger charge is -2.35. The van der Waals surface area contributed by atoms with E-state index in [9.17, 15) is 4.79 Å². The van der Waals surface area contributed by atoms with Gasteiger partial charge in [0.2, 0.25) is 11.8 Å². The van der Waals surface area contributed by atoms with Gasteiger partial charge >= 0.3 is 0 Å². The smallest absolute Gasteiger partial charge is 0.239 e. The van der Waals surface area contributed by atoms with E-state index in [1.165, 1.54) is 0 Å². The summed E-state index contributed by atoms with van der Waals surface area (Å²) in [6, 6.07) is 7.71. The molecule has 0 saturated carbocycles. The number of hydrogen-bond donors (Lipinski definition) is 0. The van der Waals surface area contributed by atoms with Crippen LogP contribution in [0.5, 0.6) is 5.75 Å². The third-order valence-corrected chi connectivity index (χ3v) is 5.58. The van der Waals surface area contributed by atoms with Crippen molar-refractivity contribution in [3.05, 3.63) is 36.4 Å². The fourth-order valence-electron chi connectivity index (χ4n) is 4.05. The summed E-state index contributed by atoms with van der Waals surface area (Å²) >= 11 is 0. The molecule has 2 fully saturated rings. The van der Waals surface area contributed by atoms with E-state index >= 15 is 0 Å². The van der Waals surface area contributed by atoms with Crippen molar-refractivity contribution >= 4 is 5.91 Å². The van der Waals surface area contributed by atoms with Gasteiger partial charge < -0.3 is 14.1 Å². The third kappa shape index (κ3) is 4.00. The second-order valence-electron chi connectivity index (χ2n) is 7.36. The van der Waals surface area contributed by atoms with Gasteiger partial charge in [0.1, 0.15) is 5.75 Å². The van der Waals surface area contributed by atoms with Crippen molar-refractivity contribution in [1.29, 1.82) is 0 Å². The molecule has 0 spiro atoms. The summed E-state index contributed by atoms with van der Waals surface area (Å²) in [5, 5.41) is 0. The molecule has 6 heteroatoms. The summed E-state index contributed by atoms with van der Waals surface area (Å²) in [5.74, 6) is 2.51. The molecule has 144 valence electrons. The molecule has 27 heavy (non-hydrogen) atoms. The van der Waals surface area contributed by atoms with E-state index in [4.69, 9.17) is 9.15 Å². The quantitative estimate of drug-likeness (QED) is 0.809. The molecule has 0 radical (unpaired) electrons. The van der Waals surface area contributed by atoms with Gasteiger partial charge in [-0.3, -0.25) is 9.69 Å². The van der Waals surface area contributed by atoms with Gasteiger partial charge in [-0.05, 0) is 56.5 Å². The molecule has 1 amide bonds. The van der Waals surface area contributed by atoms with Crippen LogP contribution in [0.25, 0.3) is 11.3 Å². The lowest BCUT2D eigenvalue weighted by molar-refractivity contribution is -0.137. The van der Waals surface area contributed by atoms with Crippen LogP contribution >= 0.6 is 0 Å². The number of benzene rings is 1. The Balaban J connectivity index is 1.45. The normalized spacial score (nSPS) is 20.8. The monoisotopic (exact) mass is 369 g/mol. The van der Waals surface area contributed by atoms with Gasteiger partial charge in [-0.2, -0.15) is 0 Å². The average molecular weight is 369 g/mol. The number of methoxy groups -OCH3 is 1. The zero-order valence-corrected chi connectivity index (χ0v) is 15.9. The maximum absolute atomic E-state index is 12.9. The number of aromatic nitrogens is 1.